The smallest absolute Gasteiger partial charge is 0.192 e. The number of nitriles is 1. The molecule has 112 valence electrons. The molecule has 1 aromatic heterocycles. The number of hydrogen-bond donors (Lipinski definition) is 4. The molecule has 0 unspecified atom stereocenters. The zero-order chi connectivity index (χ0) is 15.9. The molecule has 0 bridgehead atoms. The minimum absolute atomic E-state index is 0.163. The second-order valence-corrected chi connectivity index (χ2v) is 4.84. The van der Waals surface area contributed by atoms with Gasteiger partial charge in [-0.1, -0.05) is 0 Å². The summed E-state index contributed by atoms with van der Waals surface area (Å²) in [4.78, 5) is 8.47. The van der Waals surface area contributed by atoms with Crippen molar-refractivity contribution in [3.8, 4) is 23.2 Å². The van der Waals surface area contributed by atoms with Gasteiger partial charge in [-0.25, -0.2) is 9.98 Å². The van der Waals surface area contributed by atoms with Gasteiger partial charge in [-0.05, 0) is 18.2 Å². The molecule has 0 saturated heterocycles. The van der Waals surface area contributed by atoms with Gasteiger partial charge < -0.3 is 15.8 Å². The first-order valence-corrected chi connectivity index (χ1v) is 6.94. The minimum Gasteiger partial charge on any atom is -0.494 e. The van der Waals surface area contributed by atoms with Gasteiger partial charge in [0, 0.05) is 10.9 Å². The lowest BCUT2D eigenvalue weighted by molar-refractivity contribution is 0.416. The lowest BCUT2D eigenvalue weighted by Crippen LogP contribution is -2.20. The number of thiazole rings is 1. The highest BCUT2D eigenvalue weighted by atomic mass is 32.1. The van der Waals surface area contributed by atoms with Crippen LogP contribution in [0.2, 0.25) is 0 Å². The third-order valence-corrected chi connectivity index (χ3v) is 3.31. The van der Waals surface area contributed by atoms with Crippen molar-refractivity contribution < 1.29 is 4.74 Å². The zero-order valence-electron chi connectivity index (χ0n) is 11.6. The van der Waals surface area contributed by atoms with Crippen LogP contribution in [0.5, 0.6) is 5.75 Å². The van der Waals surface area contributed by atoms with Crippen molar-refractivity contribution in [1.29, 1.82) is 10.7 Å². The molecule has 2 rings (SSSR count). The summed E-state index contributed by atoms with van der Waals surface area (Å²) in [6, 6.07) is 5.41. The van der Waals surface area contributed by atoms with E-state index in [0.717, 1.165) is 11.3 Å². The Balaban J connectivity index is 2.31. The SMILES string of the molecule is COc1ccc(-c2csc(NC(=N)N)n2)cc1/N=C/NC#N. The van der Waals surface area contributed by atoms with E-state index >= 15 is 0 Å². The van der Waals surface area contributed by atoms with Gasteiger partial charge in [-0.3, -0.25) is 10.7 Å². The number of ether oxygens (including phenoxy) is 1. The molecule has 9 heteroatoms. The molecule has 0 aliphatic heterocycles. The van der Waals surface area contributed by atoms with Gasteiger partial charge >= 0.3 is 0 Å². The van der Waals surface area contributed by atoms with E-state index in [9.17, 15) is 0 Å². The Labute approximate surface area is 130 Å². The van der Waals surface area contributed by atoms with Crippen molar-refractivity contribution in [1.82, 2.24) is 10.3 Å². The molecule has 0 fully saturated rings. The van der Waals surface area contributed by atoms with E-state index in [2.05, 4.69) is 20.6 Å². The Kier molecular flexibility index (Phi) is 4.89. The highest BCUT2D eigenvalue weighted by molar-refractivity contribution is 7.14. The van der Waals surface area contributed by atoms with Crippen LogP contribution in [-0.4, -0.2) is 24.4 Å². The van der Waals surface area contributed by atoms with E-state index in [4.69, 9.17) is 21.1 Å². The van der Waals surface area contributed by atoms with Crippen LogP contribution in [0.25, 0.3) is 11.3 Å². The molecule has 0 amide bonds. The van der Waals surface area contributed by atoms with Crippen molar-refractivity contribution in [2.24, 2.45) is 10.7 Å². The summed E-state index contributed by atoms with van der Waals surface area (Å²) < 4.78 is 5.23. The Bertz CT molecular complexity index is 747. The number of nitrogens with two attached hydrogens (primary N) is 1. The van der Waals surface area contributed by atoms with Gasteiger partial charge in [-0.2, -0.15) is 5.26 Å². The van der Waals surface area contributed by atoms with Crippen LogP contribution in [-0.2, 0) is 0 Å². The maximum absolute atomic E-state index is 8.45. The molecule has 0 spiro atoms. The fourth-order valence-corrected chi connectivity index (χ4v) is 2.39. The van der Waals surface area contributed by atoms with E-state index in [-0.39, 0.29) is 5.96 Å². The van der Waals surface area contributed by atoms with Crippen molar-refractivity contribution in [3.05, 3.63) is 23.6 Å². The van der Waals surface area contributed by atoms with E-state index < -0.39 is 0 Å². The van der Waals surface area contributed by atoms with Crippen LogP contribution >= 0.6 is 11.3 Å². The fraction of sp³-hybridized carbons (Fsp3) is 0.0769. The first kappa shape index (κ1) is 15.3. The number of rotatable bonds is 5. The summed E-state index contributed by atoms with van der Waals surface area (Å²) in [5.41, 5.74) is 7.39. The topological polar surface area (TPSA) is 132 Å². The quantitative estimate of drug-likeness (QED) is 0.288. The van der Waals surface area contributed by atoms with Crippen molar-refractivity contribution in [3.63, 3.8) is 0 Å². The summed E-state index contributed by atoms with van der Waals surface area (Å²) in [6.07, 6.45) is 3.04. The van der Waals surface area contributed by atoms with Crippen molar-refractivity contribution >= 4 is 34.5 Å². The Morgan fingerprint density at radius 1 is 1.59 bits per heavy atom. The number of hydrogen-bond acceptors (Lipinski definition) is 6. The standard InChI is InChI=1S/C13H13N7OS/c1-21-11-3-2-8(4-9(11)18-7-17-6-14)10-5-22-13(19-10)20-12(15)16/h2-5,7H,1H3,(H,17,18)(H4,15,16,19,20). The molecular formula is C13H13N7OS. The van der Waals surface area contributed by atoms with Crippen LogP contribution in [0.3, 0.4) is 0 Å². The van der Waals surface area contributed by atoms with E-state index in [1.165, 1.54) is 17.7 Å². The van der Waals surface area contributed by atoms with Gasteiger partial charge in [0.1, 0.15) is 17.8 Å². The number of aliphatic imine (C=N–C) groups is 1. The van der Waals surface area contributed by atoms with Crippen LogP contribution < -0.4 is 21.1 Å². The number of nitrogens with one attached hydrogen (secondary N) is 3. The molecule has 0 saturated carbocycles. The second-order valence-electron chi connectivity index (χ2n) is 3.98. The average Bonchev–Trinajstić information content (AvgIpc) is 2.95. The molecule has 2 aromatic rings. The molecule has 5 N–H and O–H groups in total. The molecule has 8 nitrogen and oxygen atoms in total. The molecule has 0 radical (unpaired) electrons. The number of nitrogens with zero attached hydrogens (tertiary/aromatic N) is 3. The highest BCUT2D eigenvalue weighted by Crippen LogP contribution is 2.33. The van der Waals surface area contributed by atoms with Gasteiger partial charge in [0.15, 0.2) is 17.3 Å². The van der Waals surface area contributed by atoms with Crippen LogP contribution in [0, 0.1) is 16.9 Å². The number of aromatic nitrogens is 1. The molecule has 22 heavy (non-hydrogen) atoms. The monoisotopic (exact) mass is 315 g/mol. The predicted octanol–water partition coefficient (Wildman–Crippen LogP) is 1.85. The average molecular weight is 315 g/mol. The third kappa shape index (κ3) is 3.71. The summed E-state index contributed by atoms with van der Waals surface area (Å²) in [6.45, 7) is 0. The summed E-state index contributed by atoms with van der Waals surface area (Å²) in [5, 5.41) is 23.0. The van der Waals surface area contributed by atoms with E-state index in [0.29, 0.717) is 16.6 Å². The molecule has 0 aliphatic rings. The highest BCUT2D eigenvalue weighted by Gasteiger charge is 2.08. The zero-order valence-corrected chi connectivity index (χ0v) is 12.4. The first-order chi connectivity index (χ1) is 10.6. The van der Waals surface area contributed by atoms with Crippen LogP contribution in [0.4, 0.5) is 10.8 Å². The van der Waals surface area contributed by atoms with Crippen LogP contribution in [0.15, 0.2) is 28.6 Å². The number of anilines is 1. The molecule has 0 atom stereocenters. The minimum atomic E-state index is -0.163. The van der Waals surface area contributed by atoms with Crippen LogP contribution in [0.1, 0.15) is 0 Å². The van der Waals surface area contributed by atoms with Gasteiger partial charge in [-0.15, -0.1) is 11.3 Å². The maximum atomic E-state index is 8.45. The first-order valence-electron chi connectivity index (χ1n) is 6.06. The Hall–Kier alpha value is -3.12. The molecule has 1 aromatic carbocycles. The number of benzene rings is 1. The lowest BCUT2D eigenvalue weighted by Gasteiger charge is -2.06. The van der Waals surface area contributed by atoms with Gasteiger partial charge in [0.05, 0.1) is 12.8 Å². The summed E-state index contributed by atoms with van der Waals surface area (Å²) >= 11 is 1.34. The summed E-state index contributed by atoms with van der Waals surface area (Å²) in [7, 11) is 1.55. The number of methoxy groups -OCH3 is 1. The molecule has 0 aliphatic carbocycles. The van der Waals surface area contributed by atoms with E-state index in [1.807, 2.05) is 11.4 Å². The van der Waals surface area contributed by atoms with Gasteiger partial charge in [0.25, 0.3) is 0 Å². The predicted molar refractivity (Wildman–Crippen MR) is 86.5 cm³/mol. The molecule has 1 heterocycles. The second kappa shape index (κ2) is 7.05. The summed E-state index contributed by atoms with van der Waals surface area (Å²) in [5.74, 6) is 0.417. The van der Waals surface area contributed by atoms with Crippen molar-refractivity contribution in [2.45, 2.75) is 0 Å². The normalized spacial score (nSPS) is 10.2. The lowest BCUT2D eigenvalue weighted by atomic mass is 10.1. The Morgan fingerprint density at radius 2 is 2.41 bits per heavy atom. The Morgan fingerprint density at radius 3 is 3.09 bits per heavy atom. The van der Waals surface area contributed by atoms with Gasteiger partial charge in [0.2, 0.25) is 0 Å². The number of guanidine groups is 1. The van der Waals surface area contributed by atoms with Crippen molar-refractivity contribution in [2.75, 3.05) is 12.4 Å². The van der Waals surface area contributed by atoms with E-state index in [1.54, 1.807) is 25.4 Å². The fourth-order valence-electron chi connectivity index (χ4n) is 1.66. The largest absolute Gasteiger partial charge is 0.494 e. The third-order valence-electron chi connectivity index (χ3n) is 2.55. The maximum Gasteiger partial charge on any atom is 0.192 e. The molecular weight excluding hydrogens is 302 g/mol.